The van der Waals surface area contributed by atoms with E-state index in [1.165, 1.54) is 37.8 Å². The molecule has 0 atom stereocenters. The Hall–Kier alpha value is -1.30. The quantitative estimate of drug-likeness (QED) is 0.770. The van der Waals surface area contributed by atoms with Crippen molar-refractivity contribution in [3.05, 3.63) is 35.4 Å². The molecule has 0 amide bonds. The number of unbranched alkanes of at least 4 members (excludes halogenated alkanes) is 1. The molecule has 2 nitrogen and oxygen atoms in total. The van der Waals surface area contributed by atoms with E-state index in [2.05, 4.69) is 41.9 Å². The third kappa shape index (κ3) is 5.00. The highest BCUT2D eigenvalue weighted by atomic mass is 16.2. The Labute approximate surface area is 122 Å². The molecule has 1 aromatic carbocycles. The molecule has 1 N–H and O–H groups in total. The molecule has 0 spiro atoms. The van der Waals surface area contributed by atoms with Gasteiger partial charge in [-0.15, -0.1) is 0 Å². The predicted molar refractivity (Wildman–Crippen MR) is 83.4 cm³/mol. The summed E-state index contributed by atoms with van der Waals surface area (Å²) in [6.45, 7) is 4.64. The van der Waals surface area contributed by atoms with E-state index < -0.39 is 0 Å². The van der Waals surface area contributed by atoms with Crippen molar-refractivity contribution in [3.8, 4) is 11.8 Å². The fourth-order valence-corrected chi connectivity index (χ4v) is 2.39. The highest BCUT2D eigenvalue weighted by Gasteiger charge is 2.28. The standard InChI is InChI=1S/C18H25NO/c1-2-3-12-19(18-10-11-18)15-17-9-6-8-16(14-17)7-4-5-13-20/h6,8-9,14,18,20H,2-3,5,10-13,15H2,1H3. The summed E-state index contributed by atoms with van der Waals surface area (Å²) >= 11 is 0. The lowest BCUT2D eigenvalue weighted by Gasteiger charge is -2.21. The number of hydrogen-bond acceptors (Lipinski definition) is 2. The zero-order valence-corrected chi connectivity index (χ0v) is 12.4. The summed E-state index contributed by atoms with van der Waals surface area (Å²) in [6.07, 6.45) is 5.82. The number of aliphatic hydroxyl groups is 1. The van der Waals surface area contributed by atoms with Crippen LogP contribution >= 0.6 is 0 Å². The van der Waals surface area contributed by atoms with E-state index in [4.69, 9.17) is 5.11 Å². The van der Waals surface area contributed by atoms with Gasteiger partial charge in [0.2, 0.25) is 0 Å². The zero-order chi connectivity index (χ0) is 14.2. The Bertz CT molecular complexity index is 468. The lowest BCUT2D eigenvalue weighted by molar-refractivity contribution is 0.250. The summed E-state index contributed by atoms with van der Waals surface area (Å²) in [6, 6.07) is 9.32. The molecule has 0 unspecified atom stereocenters. The maximum atomic E-state index is 8.76. The van der Waals surface area contributed by atoms with Crippen LogP contribution in [0.2, 0.25) is 0 Å². The predicted octanol–water partition coefficient (Wildman–Crippen LogP) is 3.19. The van der Waals surface area contributed by atoms with E-state index >= 15 is 0 Å². The first kappa shape index (κ1) is 15.1. The van der Waals surface area contributed by atoms with Crippen molar-refractivity contribution in [2.45, 2.75) is 51.6 Å². The molecule has 2 rings (SSSR count). The molecule has 0 aromatic heterocycles. The summed E-state index contributed by atoms with van der Waals surface area (Å²) in [5.74, 6) is 6.11. The lowest BCUT2D eigenvalue weighted by Crippen LogP contribution is -2.26. The highest BCUT2D eigenvalue weighted by Crippen LogP contribution is 2.28. The minimum atomic E-state index is 0.138. The first-order valence-electron chi connectivity index (χ1n) is 7.76. The van der Waals surface area contributed by atoms with Crippen LogP contribution in [0.4, 0.5) is 0 Å². The van der Waals surface area contributed by atoms with Crippen molar-refractivity contribution in [1.29, 1.82) is 0 Å². The fourth-order valence-electron chi connectivity index (χ4n) is 2.39. The van der Waals surface area contributed by atoms with Gasteiger partial charge < -0.3 is 5.11 Å². The van der Waals surface area contributed by atoms with Crippen molar-refractivity contribution in [1.82, 2.24) is 4.90 Å². The minimum absolute atomic E-state index is 0.138. The maximum absolute atomic E-state index is 8.76. The van der Waals surface area contributed by atoms with Gasteiger partial charge in [-0.2, -0.15) is 0 Å². The molecule has 2 heteroatoms. The average molecular weight is 271 g/mol. The van der Waals surface area contributed by atoms with E-state index in [1.54, 1.807) is 0 Å². The van der Waals surface area contributed by atoms with Crippen LogP contribution in [-0.2, 0) is 6.54 Å². The third-order valence-electron chi connectivity index (χ3n) is 3.64. The smallest absolute Gasteiger partial charge is 0.0540 e. The van der Waals surface area contributed by atoms with Gasteiger partial charge in [0, 0.05) is 24.6 Å². The van der Waals surface area contributed by atoms with Crippen molar-refractivity contribution < 1.29 is 5.11 Å². The maximum Gasteiger partial charge on any atom is 0.0540 e. The molecular weight excluding hydrogens is 246 g/mol. The summed E-state index contributed by atoms with van der Waals surface area (Å²) in [7, 11) is 0. The molecule has 1 aliphatic carbocycles. The normalized spacial score (nSPS) is 14.2. The molecule has 1 aliphatic rings. The average Bonchev–Trinajstić information content (AvgIpc) is 3.29. The Kier molecular flexibility index (Phi) is 6.11. The van der Waals surface area contributed by atoms with Gasteiger partial charge in [0.15, 0.2) is 0 Å². The fraction of sp³-hybridized carbons (Fsp3) is 0.556. The van der Waals surface area contributed by atoms with Gasteiger partial charge in [-0.1, -0.05) is 37.3 Å². The minimum Gasteiger partial charge on any atom is -0.395 e. The molecule has 1 saturated carbocycles. The number of aliphatic hydroxyl groups excluding tert-OH is 1. The van der Waals surface area contributed by atoms with Gasteiger partial charge in [0.25, 0.3) is 0 Å². The van der Waals surface area contributed by atoms with Crippen molar-refractivity contribution in [2.24, 2.45) is 0 Å². The summed E-state index contributed by atoms with van der Waals surface area (Å²) in [5.41, 5.74) is 2.41. The van der Waals surface area contributed by atoms with E-state index in [9.17, 15) is 0 Å². The molecular formula is C18H25NO. The van der Waals surface area contributed by atoms with Crippen molar-refractivity contribution in [2.75, 3.05) is 13.2 Å². The number of benzene rings is 1. The van der Waals surface area contributed by atoms with E-state index in [0.717, 1.165) is 18.2 Å². The van der Waals surface area contributed by atoms with Crippen LogP contribution in [0.15, 0.2) is 24.3 Å². The van der Waals surface area contributed by atoms with E-state index in [1.807, 2.05) is 6.07 Å². The molecule has 0 radical (unpaired) electrons. The molecule has 0 heterocycles. The summed E-state index contributed by atoms with van der Waals surface area (Å²) in [4.78, 5) is 2.61. The Morgan fingerprint density at radius 2 is 2.20 bits per heavy atom. The highest BCUT2D eigenvalue weighted by molar-refractivity contribution is 5.37. The van der Waals surface area contributed by atoms with Crippen LogP contribution in [0.25, 0.3) is 0 Å². The zero-order valence-electron chi connectivity index (χ0n) is 12.4. The molecule has 0 bridgehead atoms. The Morgan fingerprint density at radius 1 is 1.35 bits per heavy atom. The SMILES string of the molecule is CCCCN(Cc1cccc(C#CCCO)c1)C1CC1. The topological polar surface area (TPSA) is 23.5 Å². The van der Waals surface area contributed by atoms with E-state index in [0.29, 0.717) is 6.42 Å². The monoisotopic (exact) mass is 271 g/mol. The van der Waals surface area contributed by atoms with E-state index in [-0.39, 0.29) is 6.61 Å². The largest absolute Gasteiger partial charge is 0.395 e. The van der Waals surface area contributed by atoms with Crippen molar-refractivity contribution in [3.63, 3.8) is 0 Å². The number of hydrogen-bond donors (Lipinski definition) is 1. The van der Waals surface area contributed by atoms with Crippen LogP contribution in [-0.4, -0.2) is 29.2 Å². The Morgan fingerprint density at radius 3 is 2.90 bits per heavy atom. The molecule has 0 aliphatic heterocycles. The van der Waals surface area contributed by atoms with Crippen LogP contribution in [0.1, 0.15) is 50.2 Å². The molecule has 1 fully saturated rings. The van der Waals surface area contributed by atoms with Crippen LogP contribution in [0.5, 0.6) is 0 Å². The van der Waals surface area contributed by atoms with Crippen LogP contribution < -0.4 is 0 Å². The lowest BCUT2D eigenvalue weighted by atomic mass is 10.1. The van der Waals surface area contributed by atoms with Crippen LogP contribution in [0, 0.1) is 11.8 Å². The van der Waals surface area contributed by atoms with Gasteiger partial charge in [-0.25, -0.2) is 0 Å². The van der Waals surface area contributed by atoms with Gasteiger partial charge >= 0.3 is 0 Å². The second-order valence-electron chi connectivity index (χ2n) is 5.53. The Balaban J connectivity index is 1.97. The molecule has 108 valence electrons. The van der Waals surface area contributed by atoms with Crippen LogP contribution in [0.3, 0.4) is 0 Å². The number of nitrogens with zero attached hydrogens (tertiary/aromatic N) is 1. The summed E-state index contributed by atoms with van der Waals surface area (Å²) < 4.78 is 0. The molecule has 1 aromatic rings. The number of rotatable bonds is 7. The first-order valence-corrected chi connectivity index (χ1v) is 7.76. The second kappa shape index (κ2) is 8.09. The first-order chi connectivity index (χ1) is 9.83. The van der Waals surface area contributed by atoms with Gasteiger partial charge in [0.1, 0.15) is 0 Å². The molecule has 0 saturated heterocycles. The second-order valence-corrected chi connectivity index (χ2v) is 5.53. The summed E-state index contributed by atoms with van der Waals surface area (Å²) in [5, 5.41) is 8.76. The van der Waals surface area contributed by atoms with Gasteiger partial charge in [-0.05, 0) is 43.5 Å². The van der Waals surface area contributed by atoms with Gasteiger partial charge in [0.05, 0.1) is 6.61 Å². The molecule has 20 heavy (non-hydrogen) atoms. The van der Waals surface area contributed by atoms with Crippen molar-refractivity contribution >= 4 is 0 Å². The van der Waals surface area contributed by atoms with Gasteiger partial charge in [-0.3, -0.25) is 4.90 Å². The third-order valence-corrected chi connectivity index (χ3v) is 3.64.